The number of nitrogens with zero attached hydrogens (tertiary/aromatic N) is 2. The molecule has 7 heteroatoms. The average Bonchev–Trinajstić information content (AvgIpc) is 2.94. The number of hydrogen-bond donors (Lipinski definition) is 0. The molecule has 0 aliphatic heterocycles. The second-order valence-electron chi connectivity index (χ2n) is 8.45. The first-order valence-electron chi connectivity index (χ1n) is 11.8. The third-order valence-corrected chi connectivity index (χ3v) is 7.27. The van der Waals surface area contributed by atoms with E-state index < -0.39 is 18.5 Å². The molecule has 0 fully saturated rings. The summed E-state index contributed by atoms with van der Waals surface area (Å²) in [7, 11) is 0. The van der Waals surface area contributed by atoms with Crippen molar-refractivity contribution in [1.29, 1.82) is 5.26 Å². The Morgan fingerprint density at radius 2 is 1.57 bits per heavy atom. The standard InChI is InChI=1S/C30H22N2O4S/c31-16-7-17-32(20-8-2-1-3-9-20)27(33)18-36-28(34)19-37-26-15-14-22-21-10-4-5-11-23(21)30(35)25-13-6-12-24(26)29(22)25/h1-6,8-15H,7,17-19H2. The molecule has 0 radical (unpaired) electrons. The van der Waals surface area contributed by atoms with Crippen molar-refractivity contribution in [1.82, 2.24) is 0 Å². The molecule has 0 aromatic heterocycles. The van der Waals surface area contributed by atoms with Gasteiger partial charge in [-0.1, -0.05) is 66.7 Å². The van der Waals surface area contributed by atoms with E-state index in [9.17, 15) is 14.4 Å². The van der Waals surface area contributed by atoms with Gasteiger partial charge in [-0.2, -0.15) is 5.26 Å². The lowest BCUT2D eigenvalue weighted by Crippen LogP contribution is -2.35. The second-order valence-corrected chi connectivity index (χ2v) is 9.47. The quantitative estimate of drug-likeness (QED) is 0.200. The van der Waals surface area contributed by atoms with Gasteiger partial charge < -0.3 is 9.64 Å². The van der Waals surface area contributed by atoms with Crippen molar-refractivity contribution in [2.45, 2.75) is 11.3 Å². The summed E-state index contributed by atoms with van der Waals surface area (Å²) in [5.41, 5.74) is 3.89. The molecule has 0 saturated carbocycles. The molecule has 6 nitrogen and oxygen atoms in total. The normalized spacial score (nSPS) is 11.5. The lowest BCUT2D eigenvalue weighted by atomic mass is 9.83. The van der Waals surface area contributed by atoms with Crippen molar-refractivity contribution in [3.8, 4) is 17.2 Å². The van der Waals surface area contributed by atoms with E-state index in [0.717, 1.165) is 26.8 Å². The summed E-state index contributed by atoms with van der Waals surface area (Å²) in [5.74, 6) is -0.903. The molecule has 1 aliphatic carbocycles. The molecular weight excluding hydrogens is 484 g/mol. The molecular formula is C30H22N2O4S. The summed E-state index contributed by atoms with van der Waals surface area (Å²) in [6.45, 7) is -0.191. The van der Waals surface area contributed by atoms with Crippen LogP contribution < -0.4 is 4.90 Å². The van der Waals surface area contributed by atoms with Gasteiger partial charge >= 0.3 is 5.97 Å². The van der Waals surface area contributed by atoms with Gasteiger partial charge in [0.1, 0.15) is 0 Å². The summed E-state index contributed by atoms with van der Waals surface area (Å²) in [4.78, 5) is 40.7. The SMILES string of the molecule is N#CCCN(C(=O)COC(=O)CSc1ccc2c3c(cccc13)C(=O)c1ccccc1-2)c1ccccc1. The van der Waals surface area contributed by atoms with Gasteiger partial charge in [0.2, 0.25) is 0 Å². The summed E-state index contributed by atoms with van der Waals surface area (Å²) in [6, 6.07) is 28.2. The average molecular weight is 507 g/mol. The van der Waals surface area contributed by atoms with Crippen molar-refractivity contribution in [3.05, 3.63) is 96.1 Å². The molecule has 37 heavy (non-hydrogen) atoms. The summed E-state index contributed by atoms with van der Waals surface area (Å²) < 4.78 is 5.28. The number of fused-ring (bicyclic) bond motifs is 2. The molecule has 1 aliphatic rings. The van der Waals surface area contributed by atoms with Gasteiger partial charge in [-0.3, -0.25) is 14.4 Å². The number of carbonyl (C=O) groups excluding carboxylic acids is 3. The van der Waals surface area contributed by atoms with Crippen molar-refractivity contribution < 1.29 is 19.1 Å². The lowest BCUT2D eigenvalue weighted by Gasteiger charge is -2.22. The van der Waals surface area contributed by atoms with Gasteiger partial charge in [-0.15, -0.1) is 11.8 Å². The van der Waals surface area contributed by atoms with E-state index in [4.69, 9.17) is 10.00 Å². The minimum atomic E-state index is -0.520. The van der Waals surface area contributed by atoms with Gasteiger partial charge in [-0.25, -0.2) is 0 Å². The fraction of sp³-hybridized carbons (Fsp3) is 0.133. The summed E-state index contributed by atoms with van der Waals surface area (Å²) >= 11 is 1.31. The molecule has 0 atom stereocenters. The monoisotopic (exact) mass is 506 g/mol. The number of ether oxygens (including phenoxy) is 1. The third-order valence-electron chi connectivity index (χ3n) is 6.23. The molecule has 0 saturated heterocycles. The highest BCUT2D eigenvalue weighted by atomic mass is 32.2. The fourth-order valence-electron chi connectivity index (χ4n) is 4.55. The van der Waals surface area contributed by atoms with Gasteiger partial charge in [0.25, 0.3) is 5.91 Å². The molecule has 0 unspecified atom stereocenters. The van der Waals surface area contributed by atoms with E-state index in [2.05, 4.69) is 0 Å². The number of hydrogen-bond acceptors (Lipinski definition) is 6. The predicted octanol–water partition coefficient (Wildman–Crippen LogP) is 5.63. The zero-order valence-corrected chi connectivity index (χ0v) is 20.7. The molecule has 1 amide bonds. The first-order chi connectivity index (χ1) is 18.1. The number of nitriles is 1. The van der Waals surface area contributed by atoms with Crippen molar-refractivity contribution in [2.24, 2.45) is 0 Å². The van der Waals surface area contributed by atoms with Crippen LogP contribution in [0.15, 0.2) is 89.8 Å². The second kappa shape index (κ2) is 10.7. The Bertz CT molecular complexity index is 1560. The van der Waals surface area contributed by atoms with E-state index in [-0.39, 0.29) is 24.5 Å². The van der Waals surface area contributed by atoms with Crippen LogP contribution in [0.2, 0.25) is 0 Å². The van der Waals surface area contributed by atoms with Crippen LogP contribution in [-0.4, -0.2) is 36.6 Å². The Labute approximate surface area is 218 Å². The summed E-state index contributed by atoms with van der Waals surface area (Å²) in [5, 5.41) is 10.7. The van der Waals surface area contributed by atoms with Crippen LogP contribution in [0, 0.1) is 11.3 Å². The number of benzene rings is 4. The van der Waals surface area contributed by atoms with E-state index in [0.29, 0.717) is 16.8 Å². The Morgan fingerprint density at radius 1 is 0.838 bits per heavy atom. The molecule has 0 N–H and O–H groups in total. The molecule has 5 rings (SSSR count). The number of thioether (sulfide) groups is 1. The molecule has 4 aromatic rings. The fourth-order valence-corrected chi connectivity index (χ4v) is 5.39. The zero-order valence-electron chi connectivity index (χ0n) is 19.8. The minimum absolute atomic E-state index is 0.00635. The number of ketones is 1. The summed E-state index contributed by atoms with van der Waals surface area (Å²) in [6.07, 6.45) is 0.169. The van der Waals surface area contributed by atoms with Crippen LogP contribution in [0.5, 0.6) is 0 Å². The highest BCUT2D eigenvalue weighted by molar-refractivity contribution is 8.00. The van der Waals surface area contributed by atoms with Crippen LogP contribution in [-0.2, 0) is 14.3 Å². The van der Waals surface area contributed by atoms with Crippen LogP contribution in [0.4, 0.5) is 5.69 Å². The number of anilines is 1. The molecule has 182 valence electrons. The van der Waals surface area contributed by atoms with Crippen LogP contribution in [0.25, 0.3) is 21.9 Å². The smallest absolute Gasteiger partial charge is 0.316 e. The Balaban J connectivity index is 1.29. The van der Waals surface area contributed by atoms with E-state index in [1.807, 2.05) is 66.7 Å². The topological polar surface area (TPSA) is 87.5 Å². The predicted molar refractivity (Wildman–Crippen MR) is 144 cm³/mol. The maximum Gasteiger partial charge on any atom is 0.316 e. The first kappa shape index (κ1) is 24.3. The number of esters is 1. The zero-order chi connectivity index (χ0) is 25.8. The van der Waals surface area contributed by atoms with Crippen LogP contribution in [0.1, 0.15) is 22.3 Å². The maximum atomic E-state index is 13.1. The van der Waals surface area contributed by atoms with Crippen LogP contribution in [0.3, 0.4) is 0 Å². The van der Waals surface area contributed by atoms with Gasteiger partial charge in [-0.05, 0) is 34.7 Å². The number of carbonyl (C=O) groups is 3. The Hall–Kier alpha value is -4.41. The van der Waals surface area contributed by atoms with Gasteiger partial charge in [0.15, 0.2) is 12.4 Å². The third kappa shape index (κ3) is 4.84. The number of rotatable bonds is 8. The van der Waals surface area contributed by atoms with E-state index in [1.54, 1.807) is 24.3 Å². The molecule has 0 heterocycles. The van der Waals surface area contributed by atoms with Gasteiger partial charge in [0.05, 0.1) is 18.2 Å². The van der Waals surface area contributed by atoms with Crippen molar-refractivity contribution in [2.75, 3.05) is 23.8 Å². The van der Waals surface area contributed by atoms with E-state index >= 15 is 0 Å². The Kier molecular flexibility index (Phi) is 7.02. The van der Waals surface area contributed by atoms with Crippen LogP contribution >= 0.6 is 11.8 Å². The van der Waals surface area contributed by atoms with Crippen molar-refractivity contribution >= 4 is 45.9 Å². The highest BCUT2D eigenvalue weighted by Crippen LogP contribution is 2.42. The minimum Gasteiger partial charge on any atom is -0.455 e. The van der Waals surface area contributed by atoms with Gasteiger partial charge in [0, 0.05) is 33.6 Å². The Morgan fingerprint density at radius 3 is 2.35 bits per heavy atom. The first-order valence-corrected chi connectivity index (χ1v) is 12.8. The van der Waals surface area contributed by atoms with E-state index in [1.165, 1.54) is 16.7 Å². The lowest BCUT2D eigenvalue weighted by molar-refractivity contribution is -0.145. The largest absolute Gasteiger partial charge is 0.455 e. The van der Waals surface area contributed by atoms with Crippen molar-refractivity contribution in [3.63, 3.8) is 0 Å². The molecule has 4 aromatic carbocycles. The maximum absolute atomic E-state index is 13.1. The number of para-hydroxylation sites is 1. The number of amides is 1. The highest BCUT2D eigenvalue weighted by Gasteiger charge is 2.25. The molecule has 0 spiro atoms. The molecule has 0 bridgehead atoms.